The number of rotatable bonds is 4. The third kappa shape index (κ3) is 4.40. The minimum atomic E-state index is -0.117. The van der Waals surface area contributed by atoms with Gasteiger partial charge < -0.3 is 15.5 Å². The van der Waals surface area contributed by atoms with Crippen molar-refractivity contribution >= 4 is 29.0 Å². The number of nitrogens with zero attached hydrogens (tertiary/aromatic N) is 3. The van der Waals surface area contributed by atoms with Crippen LogP contribution in [0.4, 0.5) is 17.2 Å². The Balaban J connectivity index is 1.40. The van der Waals surface area contributed by atoms with Crippen LogP contribution in [0, 0.1) is 0 Å². The number of fused-ring (bicyclic) bond motifs is 1. The van der Waals surface area contributed by atoms with Gasteiger partial charge in [-0.2, -0.15) is 0 Å². The molecule has 0 spiro atoms. The van der Waals surface area contributed by atoms with E-state index >= 15 is 0 Å². The van der Waals surface area contributed by atoms with Crippen LogP contribution in [-0.4, -0.2) is 33.5 Å². The van der Waals surface area contributed by atoms with Gasteiger partial charge in [0, 0.05) is 31.4 Å². The van der Waals surface area contributed by atoms with Crippen LogP contribution in [0.5, 0.6) is 0 Å². The van der Waals surface area contributed by atoms with Gasteiger partial charge in [-0.05, 0) is 53.9 Å². The molecule has 1 aliphatic rings. The normalized spacial score (nSPS) is 12.8. The third-order valence-electron chi connectivity index (χ3n) is 4.78. The topological polar surface area (TPSA) is 87.2 Å². The summed E-state index contributed by atoms with van der Waals surface area (Å²) in [6.07, 6.45) is 0.851. The molecule has 2 amide bonds. The van der Waals surface area contributed by atoms with Crippen molar-refractivity contribution in [2.45, 2.75) is 19.9 Å². The highest BCUT2D eigenvalue weighted by atomic mass is 16.2. The fraction of sp³-hybridized carbons (Fsp3) is 0.182. The Bertz CT molecular complexity index is 1030. The molecule has 0 aliphatic carbocycles. The van der Waals surface area contributed by atoms with Crippen molar-refractivity contribution in [1.82, 2.24) is 15.1 Å². The first-order valence-corrected chi connectivity index (χ1v) is 9.43. The van der Waals surface area contributed by atoms with Crippen molar-refractivity contribution in [3.05, 3.63) is 77.5 Å². The molecule has 29 heavy (non-hydrogen) atoms. The van der Waals surface area contributed by atoms with Gasteiger partial charge in [-0.3, -0.25) is 9.59 Å². The van der Waals surface area contributed by atoms with Gasteiger partial charge >= 0.3 is 0 Å². The van der Waals surface area contributed by atoms with Crippen LogP contribution in [0.2, 0.25) is 0 Å². The Morgan fingerprint density at radius 3 is 2.31 bits per heavy atom. The summed E-state index contributed by atoms with van der Waals surface area (Å²) in [5, 5.41) is 14.1. The molecule has 0 saturated carbocycles. The largest absolute Gasteiger partial charge is 0.339 e. The van der Waals surface area contributed by atoms with Crippen molar-refractivity contribution < 1.29 is 9.59 Å². The van der Waals surface area contributed by atoms with E-state index in [1.165, 1.54) is 18.1 Å². The van der Waals surface area contributed by atoms with E-state index in [0.29, 0.717) is 24.6 Å². The molecule has 2 N–H and O–H groups in total. The number of carbonyl (C=O) groups is 2. The number of benzene rings is 2. The molecule has 1 aromatic heterocycles. The standard InChI is InChI=1S/C22H21N5O2/c1-15(28)23-18-6-8-19(9-7-18)24-21-11-10-20(25-26-21)22(29)27-13-12-16-4-2-3-5-17(16)14-27/h2-11H,12-14H2,1H3,(H,23,28)(H,24,26). The Labute approximate surface area is 168 Å². The van der Waals surface area contributed by atoms with E-state index in [4.69, 9.17) is 0 Å². The summed E-state index contributed by atoms with van der Waals surface area (Å²) >= 11 is 0. The number of hydrogen-bond acceptors (Lipinski definition) is 5. The van der Waals surface area contributed by atoms with Crippen molar-refractivity contribution in [1.29, 1.82) is 0 Å². The fourth-order valence-electron chi connectivity index (χ4n) is 3.33. The second-order valence-corrected chi connectivity index (χ2v) is 6.93. The maximum atomic E-state index is 12.8. The molecule has 4 rings (SSSR count). The van der Waals surface area contributed by atoms with Crippen LogP contribution in [0.1, 0.15) is 28.5 Å². The Hall–Kier alpha value is -3.74. The zero-order chi connectivity index (χ0) is 20.2. The van der Waals surface area contributed by atoms with Gasteiger partial charge in [0.1, 0.15) is 0 Å². The van der Waals surface area contributed by atoms with Crippen LogP contribution >= 0.6 is 0 Å². The molecule has 0 radical (unpaired) electrons. The third-order valence-corrected chi connectivity index (χ3v) is 4.78. The first-order valence-electron chi connectivity index (χ1n) is 9.43. The van der Waals surface area contributed by atoms with Crippen LogP contribution < -0.4 is 10.6 Å². The van der Waals surface area contributed by atoms with Gasteiger partial charge in [0.15, 0.2) is 11.5 Å². The smallest absolute Gasteiger partial charge is 0.274 e. The van der Waals surface area contributed by atoms with E-state index < -0.39 is 0 Å². The molecule has 2 aromatic carbocycles. The minimum Gasteiger partial charge on any atom is -0.339 e. The van der Waals surface area contributed by atoms with E-state index in [1.807, 2.05) is 24.3 Å². The first-order chi connectivity index (χ1) is 14.1. The molecule has 0 saturated heterocycles. The number of hydrogen-bond donors (Lipinski definition) is 2. The Kier molecular flexibility index (Phi) is 5.20. The summed E-state index contributed by atoms with van der Waals surface area (Å²) in [6, 6.07) is 18.9. The summed E-state index contributed by atoms with van der Waals surface area (Å²) in [6.45, 7) is 2.74. The maximum Gasteiger partial charge on any atom is 0.274 e. The average Bonchev–Trinajstić information content (AvgIpc) is 2.74. The van der Waals surface area contributed by atoms with Crippen molar-refractivity contribution in [3.63, 3.8) is 0 Å². The highest BCUT2D eigenvalue weighted by molar-refractivity contribution is 5.92. The molecule has 2 heterocycles. The minimum absolute atomic E-state index is 0.113. The zero-order valence-electron chi connectivity index (χ0n) is 16.1. The van der Waals surface area contributed by atoms with Crippen molar-refractivity contribution in [3.8, 4) is 0 Å². The summed E-state index contributed by atoms with van der Waals surface area (Å²) in [7, 11) is 0. The molecule has 0 atom stereocenters. The maximum absolute atomic E-state index is 12.8. The SMILES string of the molecule is CC(=O)Nc1ccc(Nc2ccc(C(=O)N3CCc4ccccc4C3)nn2)cc1. The van der Waals surface area contributed by atoms with Crippen molar-refractivity contribution in [2.75, 3.05) is 17.2 Å². The Morgan fingerprint density at radius 2 is 1.62 bits per heavy atom. The molecule has 0 unspecified atom stereocenters. The van der Waals surface area contributed by atoms with E-state index in [1.54, 1.807) is 29.2 Å². The second kappa shape index (κ2) is 8.10. The molecule has 0 bridgehead atoms. The summed E-state index contributed by atoms with van der Waals surface area (Å²) in [5.41, 5.74) is 4.34. The number of carbonyl (C=O) groups excluding carboxylic acids is 2. The average molecular weight is 387 g/mol. The lowest BCUT2D eigenvalue weighted by Crippen LogP contribution is -2.36. The van der Waals surface area contributed by atoms with Gasteiger partial charge in [-0.25, -0.2) is 0 Å². The van der Waals surface area contributed by atoms with Crippen LogP contribution in [-0.2, 0) is 17.8 Å². The lowest BCUT2D eigenvalue weighted by atomic mass is 10.00. The van der Waals surface area contributed by atoms with Crippen LogP contribution in [0.25, 0.3) is 0 Å². The lowest BCUT2D eigenvalue weighted by molar-refractivity contribution is -0.114. The zero-order valence-corrected chi connectivity index (χ0v) is 16.1. The molecule has 7 heteroatoms. The molecular weight excluding hydrogens is 366 g/mol. The molecule has 146 valence electrons. The number of anilines is 3. The molecule has 1 aliphatic heterocycles. The summed E-state index contributed by atoms with van der Waals surface area (Å²) < 4.78 is 0. The van der Waals surface area contributed by atoms with E-state index in [9.17, 15) is 9.59 Å². The number of nitrogens with one attached hydrogen (secondary N) is 2. The van der Waals surface area contributed by atoms with Crippen LogP contribution in [0.3, 0.4) is 0 Å². The second-order valence-electron chi connectivity index (χ2n) is 6.93. The van der Waals surface area contributed by atoms with Gasteiger partial charge in [0.05, 0.1) is 0 Å². The number of aromatic nitrogens is 2. The molecular formula is C22H21N5O2. The van der Waals surface area contributed by atoms with E-state index in [2.05, 4.69) is 33.0 Å². The monoisotopic (exact) mass is 387 g/mol. The van der Waals surface area contributed by atoms with Gasteiger partial charge in [-0.15, -0.1) is 10.2 Å². The summed E-state index contributed by atoms with van der Waals surface area (Å²) in [5.74, 6) is 0.310. The highest BCUT2D eigenvalue weighted by Gasteiger charge is 2.22. The van der Waals surface area contributed by atoms with E-state index in [0.717, 1.165) is 17.8 Å². The summed E-state index contributed by atoms with van der Waals surface area (Å²) in [4.78, 5) is 25.7. The predicted molar refractivity (Wildman–Crippen MR) is 111 cm³/mol. The Morgan fingerprint density at radius 1 is 0.897 bits per heavy atom. The lowest BCUT2D eigenvalue weighted by Gasteiger charge is -2.28. The molecule has 0 fully saturated rings. The quantitative estimate of drug-likeness (QED) is 0.717. The van der Waals surface area contributed by atoms with Crippen LogP contribution in [0.15, 0.2) is 60.7 Å². The van der Waals surface area contributed by atoms with Gasteiger partial charge in [0.2, 0.25) is 5.91 Å². The first kappa shape index (κ1) is 18.6. The molecule has 3 aromatic rings. The highest BCUT2D eigenvalue weighted by Crippen LogP contribution is 2.21. The fourth-order valence-corrected chi connectivity index (χ4v) is 3.33. The van der Waals surface area contributed by atoms with Gasteiger partial charge in [0.25, 0.3) is 5.91 Å². The van der Waals surface area contributed by atoms with Crippen molar-refractivity contribution in [2.24, 2.45) is 0 Å². The molecule has 7 nitrogen and oxygen atoms in total. The van der Waals surface area contributed by atoms with E-state index in [-0.39, 0.29) is 11.8 Å². The predicted octanol–water partition coefficient (Wildman–Crippen LogP) is 3.38. The van der Waals surface area contributed by atoms with Gasteiger partial charge in [-0.1, -0.05) is 24.3 Å². The number of amides is 2.